The van der Waals surface area contributed by atoms with E-state index in [0.717, 1.165) is 6.42 Å². The first kappa shape index (κ1) is 14.4. The van der Waals surface area contributed by atoms with Gasteiger partial charge in [0.15, 0.2) is 5.82 Å². The second kappa shape index (κ2) is 5.56. The van der Waals surface area contributed by atoms with Crippen LogP contribution < -0.4 is 0 Å². The summed E-state index contributed by atoms with van der Waals surface area (Å²) in [6.07, 6.45) is 2.00. The fourth-order valence-corrected chi connectivity index (χ4v) is 2.99. The highest BCUT2D eigenvalue weighted by molar-refractivity contribution is 7.88. The number of piperazine rings is 1. The molecule has 0 aromatic carbocycles. The van der Waals surface area contributed by atoms with Crippen LogP contribution in [0.5, 0.6) is 0 Å². The smallest absolute Gasteiger partial charge is 0.243 e. The van der Waals surface area contributed by atoms with Crippen LogP contribution in [0.2, 0.25) is 0 Å². The van der Waals surface area contributed by atoms with Gasteiger partial charge in [-0.3, -0.25) is 4.90 Å². The molecule has 108 valence electrons. The van der Waals surface area contributed by atoms with E-state index in [0.29, 0.717) is 37.9 Å². The largest absolute Gasteiger partial charge is 0.338 e. The monoisotopic (exact) mass is 288 g/mol. The molecule has 1 atom stereocenters. The van der Waals surface area contributed by atoms with Crippen molar-refractivity contribution in [2.24, 2.45) is 0 Å². The average Bonchev–Trinajstić information content (AvgIpc) is 2.86. The average molecular weight is 288 g/mol. The van der Waals surface area contributed by atoms with Gasteiger partial charge in [-0.05, 0) is 6.92 Å². The lowest BCUT2D eigenvalue weighted by Gasteiger charge is -2.35. The van der Waals surface area contributed by atoms with E-state index in [2.05, 4.69) is 15.0 Å². The van der Waals surface area contributed by atoms with Crippen molar-refractivity contribution in [3.05, 3.63) is 11.7 Å². The van der Waals surface area contributed by atoms with Gasteiger partial charge in [0, 0.05) is 32.6 Å². The highest BCUT2D eigenvalue weighted by Gasteiger charge is 2.28. The van der Waals surface area contributed by atoms with Gasteiger partial charge in [-0.25, -0.2) is 8.42 Å². The predicted octanol–water partition coefficient (Wildman–Crippen LogP) is 0.270. The van der Waals surface area contributed by atoms with Crippen molar-refractivity contribution < 1.29 is 12.9 Å². The summed E-state index contributed by atoms with van der Waals surface area (Å²) in [5, 5.41) is 3.89. The Bertz CT molecular complexity index is 520. The van der Waals surface area contributed by atoms with Crippen molar-refractivity contribution in [2.75, 3.05) is 32.4 Å². The Kier molecular flexibility index (Phi) is 4.22. The molecule has 7 nitrogen and oxygen atoms in total. The first-order chi connectivity index (χ1) is 8.91. The van der Waals surface area contributed by atoms with Gasteiger partial charge in [0.05, 0.1) is 12.3 Å². The zero-order chi connectivity index (χ0) is 14.0. The Morgan fingerprint density at radius 3 is 2.42 bits per heavy atom. The van der Waals surface area contributed by atoms with E-state index >= 15 is 0 Å². The third kappa shape index (κ3) is 3.31. The molecule has 2 heterocycles. The molecular formula is C11H20N4O3S. The molecule has 1 aromatic heterocycles. The van der Waals surface area contributed by atoms with E-state index in [1.807, 2.05) is 13.8 Å². The van der Waals surface area contributed by atoms with Crippen LogP contribution in [-0.4, -0.2) is 60.2 Å². The molecule has 1 aliphatic heterocycles. The van der Waals surface area contributed by atoms with E-state index in [1.54, 1.807) is 0 Å². The first-order valence-corrected chi connectivity index (χ1v) is 8.28. The molecule has 1 unspecified atom stereocenters. The van der Waals surface area contributed by atoms with Crippen LogP contribution >= 0.6 is 0 Å². The van der Waals surface area contributed by atoms with Crippen molar-refractivity contribution in [3.8, 4) is 0 Å². The number of nitrogens with zero attached hydrogens (tertiary/aromatic N) is 4. The summed E-state index contributed by atoms with van der Waals surface area (Å²) >= 11 is 0. The lowest BCUT2D eigenvalue weighted by Crippen LogP contribution is -2.48. The zero-order valence-corrected chi connectivity index (χ0v) is 12.4. The van der Waals surface area contributed by atoms with Crippen molar-refractivity contribution >= 4 is 10.0 Å². The second-order valence-corrected chi connectivity index (χ2v) is 6.76. The number of rotatable bonds is 4. The number of aryl methyl sites for hydroxylation is 1. The maximum Gasteiger partial charge on any atom is 0.243 e. The van der Waals surface area contributed by atoms with E-state index < -0.39 is 10.0 Å². The Morgan fingerprint density at radius 2 is 1.95 bits per heavy atom. The quantitative estimate of drug-likeness (QED) is 0.791. The van der Waals surface area contributed by atoms with E-state index in [-0.39, 0.29) is 6.04 Å². The molecule has 1 saturated heterocycles. The topological polar surface area (TPSA) is 79.5 Å². The molecule has 0 aliphatic carbocycles. The van der Waals surface area contributed by atoms with Gasteiger partial charge in [-0.2, -0.15) is 9.29 Å². The fraction of sp³-hybridized carbons (Fsp3) is 0.818. The van der Waals surface area contributed by atoms with Gasteiger partial charge in [-0.15, -0.1) is 0 Å². The van der Waals surface area contributed by atoms with Gasteiger partial charge in [0.25, 0.3) is 0 Å². The molecule has 0 N–H and O–H groups in total. The summed E-state index contributed by atoms with van der Waals surface area (Å²) in [5.41, 5.74) is 0. The lowest BCUT2D eigenvalue weighted by molar-refractivity contribution is 0.124. The minimum atomic E-state index is -3.08. The van der Waals surface area contributed by atoms with Gasteiger partial charge in [0.1, 0.15) is 0 Å². The molecule has 2 rings (SSSR count). The molecule has 0 bridgehead atoms. The molecule has 1 aromatic rings. The molecule has 1 fully saturated rings. The Balaban J connectivity index is 1.97. The maximum absolute atomic E-state index is 11.4. The summed E-state index contributed by atoms with van der Waals surface area (Å²) in [4.78, 5) is 6.48. The molecule has 0 saturated carbocycles. The second-order valence-electron chi connectivity index (χ2n) is 4.78. The fourth-order valence-electron chi connectivity index (χ4n) is 2.16. The normalized spacial score (nSPS) is 20.6. The molecule has 8 heteroatoms. The molecule has 0 amide bonds. The van der Waals surface area contributed by atoms with Crippen LogP contribution in [0.25, 0.3) is 0 Å². The van der Waals surface area contributed by atoms with Gasteiger partial charge >= 0.3 is 0 Å². The van der Waals surface area contributed by atoms with Crippen LogP contribution in [0.4, 0.5) is 0 Å². The van der Waals surface area contributed by atoms with Crippen LogP contribution in [-0.2, 0) is 16.4 Å². The van der Waals surface area contributed by atoms with E-state index in [1.165, 1.54) is 10.6 Å². The van der Waals surface area contributed by atoms with Crippen LogP contribution in [0.3, 0.4) is 0 Å². The Morgan fingerprint density at radius 1 is 1.32 bits per heavy atom. The SMILES string of the molecule is CCc1noc(C(C)N2CCN(S(C)(=O)=O)CC2)n1. The third-order valence-electron chi connectivity index (χ3n) is 3.45. The van der Waals surface area contributed by atoms with Crippen LogP contribution in [0.1, 0.15) is 31.6 Å². The number of hydrogen-bond donors (Lipinski definition) is 0. The molecule has 0 radical (unpaired) electrons. The van der Waals surface area contributed by atoms with E-state index in [9.17, 15) is 8.42 Å². The summed E-state index contributed by atoms with van der Waals surface area (Å²) < 4.78 is 29.6. The minimum Gasteiger partial charge on any atom is -0.338 e. The van der Waals surface area contributed by atoms with Crippen LogP contribution in [0.15, 0.2) is 4.52 Å². The third-order valence-corrected chi connectivity index (χ3v) is 4.75. The predicted molar refractivity (Wildman–Crippen MR) is 70.1 cm³/mol. The van der Waals surface area contributed by atoms with Crippen molar-refractivity contribution in [2.45, 2.75) is 26.3 Å². The summed E-state index contributed by atoms with van der Waals surface area (Å²) in [7, 11) is -3.08. The number of hydrogen-bond acceptors (Lipinski definition) is 6. The summed E-state index contributed by atoms with van der Waals surface area (Å²) in [6.45, 7) is 6.36. The Labute approximate surface area is 113 Å². The van der Waals surface area contributed by atoms with Gasteiger partial charge < -0.3 is 4.52 Å². The highest BCUT2D eigenvalue weighted by Crippen LogP contribution is 2.20. The van der Waals surface area contributed by atoms with Gasteiger partial charge in [-0.1, -0.05) is 12.1 Å². The number of sulfonamides is 1. The minimum absolute atomic E-state index is 0.0227. The summed E-state index contributed by atoms with van der Waals surface area (Å²) in [5.74, 6) is 1.31. The molecule has 1 aliphatic rings. The van der Waals surface area contributed by atoms with Crippen molar-refractivity contribution in [1.82, 2.24) is 19.3 Å². The van der Waals surface area contributed by atoms with Crippen molar-refractivity contribution in [1.29, 1.82) is 0 Å². The molecular weight excluding hydrogens is 268 g/mol. The Hall–Kier alpha value is -0.990. The molecule has 19 heavy (non-hydrogen) atoms. The summed E-state index contributed by atoms with van der Waals surface area (Å²) in [6, 6.07) is 0.0227. The number of aromatic nitrogens is 2. The van der Waals surface area contributed by atoms with Gasteiger partial charge in [0.2, 0.25) is 15.9 Å². The lowest BCUT2D eigenvalue weighted by atomic mass is 10.2. The van der Waals surface area contributed by atoms with E-state index in [4.69, 9.17) is 4.52 Å². The van der Waals surface area contributed by atoms with Crippen molar-refractivity contribution in [3.63, 3.8) is 0 Å². The standard InChI is InChI=1S/C11H20N4O3S/c1-4-10-12-11(18-13-10)9(2)14-5-7-15(8-6-14)19(3,16)17/h9H,4-8H2,1-3H3. The molecule has 0 spiro atoms. The maximum atomic E-state index is 11.4. The highest BCUT2D eigenvalue weighted by atomic mass is 32.2. The first-order valence-electron chi connectivity index (χ1n) is 6.43. The van der Waals surface area contributed by atoms with Crippen LogP contribution in [0, 0.1) is 0 Å². The zero-order valence-electron chi connectivity index (χ0n) is 11.5.